The molecule has 2 atom stereocenters. The summed E-state index contributed by atoms with van der Waals surface area (Å²) in [5.74, 6) is 1.16. The van der Waals surface area contributed by atoms with Crippen LogP contribution in [0, 0.1) is 0 Å². The van der Waals surface area contributed by atoms with Crippen LogP contribution in [0.25, 0.3) is 10.9 Å². The number of halogens is 3. The lowest BCUT2D eigenvalue weighted by Gasteiger charge is -2.21. The Bertz CT molecular complexity index is 1000. The maximum absolute atomic E-state index is 12.7. The zero-order valence-electron chi connectivity index (χ0n) is 15.7. The lowest BCUT2D eigenvalue weighted by molar-refractivity contribution is 0.101. The fourth-order valence-electron chi connectivity index (χ4n) is 3.51. The zero-order valence-corrected chi connectivity index (χ0v) is 18.1. The molecule has 4 rings (SSSR count). The minimum absolute atomic E-state index is 0.147. The zero-order chi connectivity index (χ0) is 20.4. The van der Waals surface area contributed by atoms with E-state index in [4.69, 9.17) is 4.74 Å². The maximum Gasteiger partial charge on any atom is 0.289 e. The molecule has 2 N–H and O–H groups in total. The van der Waals surface area contributed by atoms with Crippen LogP contribution in [0.4, 0.5) is 20.5 Å². The van der Waals surface area contributed by atoms with Crippen LogP contribution in [0.3, 0.4) is 0 Å². The molecule has 10 heteroatoms. The van der Waals surface area contributed by atoms with Crippen molar-refractivity contribution in [3.05, 3.63) is 38.8 Å². The number of nitrogens with one attached hydrogen (secondary N) is 2. The first-order valence-electron chi connectivity index (χ1n) is 9.26. The highest BCUT2D eigenvalue weighted by molar-refractivity contribution is 9.10. The Morgan fingerprint density at radius 1 is 1.31 bits per heavy atom. The molecule has 0 saturated heterocycles. The first kappa shape index (κ1) is 20.4. The Labute approximate surface area is 179 Å². The second kappa shape index (κ2) is 8.85. The van der Waals surface area contributed by atoms with E-state index in [0.29, 0.717) is 17.4 Å². The first-order chi connectivity index (χ1) is 14.0. The van der Waals surface area contributed by atoms with Gasteiger partial charge in [0.15, 0.2) is 5.01 Å². The third-order valence-corrected chi connectivity index (χ3v) is 6.41. The molecule has 0 aliphatic heterocycles. The number of nitrogens with zero attached hydrogens (tertiary/aromatic N) is 3. The van der Waals surface area contributed by atoms with Crippen LogP contribution >= 0.6 is 27.3 Å². The normalized spacial score (nSPS) is 19.2. The molecule has 0 spiro atoms. The summed E-state index contributed by atoms with van der Waals surface area (Å²) < 4.78 is 32.0. The Kier molecular flexibility index (Phi) is 6.21. The van der Waals surface area contributed by atoms with Gasteiger partial charge in [0.05, 0.1) is 24.2 Å². The molecule has 6 nitrogen and oxygen atoms in total. The molecule has 1 aliphatic carbocycles. The highest BCUT2D eigenvalue weighted by atomic mass is 79.9. The Hall–Kier alpha value is -1.91. The average Bonchev–Trinajstić information content (AvgIpc) is 3.36. The van der Waals surface area contributed by atoms with E-state index in [1.807, 2.05) is 18.2 Å². The molecular weight excluding hydrogens is 464 g/mol. The molecule has 2 heterocycles. The third kappa shape index (κ3) is 4.65. The molecule has 0 radical (unpaired) electrons. The van der Waals surface area contributed by atoms with Crippen LogP contribution in [0.5, 0.6) is 0 Å². The lowest BCUT2D eigenvalue weighted by Crippen LogP contribution is -2.30. The van der Waals surface area contributed by atoms with Gasteiger partial charge >= 0.3 is 0 Å². The smallest absolute Gasteiger partial charge is 0.289 e. The summed E-state index contributed by atoms with van der Waals surface area (Å²) in [6.45, 7) is 0.329. The highest BCUT2D eigenvalue weighted by Crippen LogP contribution is 2.30. The molecule has 1 aromatic carbocycles. The number of anilines is 2. The predicted molar refractivity (Wildman–Crippen MR) is 114 cm³/mol. The van der Waals surface area contributed by atoms with Crippen molar-refractivity contribution in [1.82, 2.24) is 15.0 Å². The maximum atomic E-state index is 12.7. The van der Waals surface area contributed by atoms with Crippen LogP contribution in [0.2, 0.25) is 0 Å². The van der Waals surface area contributed by atoms with E-state index in [2.05, 4.69) is 41.5 Å². The van der Waals surface area contributed by atoms with Crippen molar-refractivity contribution < 1.29 is 13.5 Å². The predicted octanol–water partition coefficient (Wildman–Crippen LogP) is 5.38. The number of thiazole rings is 1. The van der Waals surface area contributed by atoms with Crippen LogP contribution in [0.15, 0.2) is 28.9 Å². The second-order valence-corrected chi connectivity index (χ2v) is 8.89. The highest BCUT2D eigenvalue weighted by Gasteiger charge is 2.28. The first-order valence-corrected chi connectivity index (χ1v) is 10.9. The summed E-state index contributed by atoms with van der Waals surface area (Å²) in [5, 5.41) is 7.38. The van der Waals surface area contributed by atoms with E-state index in [0.717, 1.165) is 51.8 Å². The van der Waals surface area contributed by atoms with Crippen LogP contribution < -0.4 is 10.6 Å². The van der Waals surface area contributed by atoms with Gasteiger partial charge in [-0.05, 0) is 37.5 Å². The molecule has 0 bridgehead atoms. The van der Waals surface area contributed by atoms with E-state index < -0.39 is 6.43 Å². The molecule has 29 heavy (non-hydrogen) atoms. The number of hydrogen-bond acceptors (Lipinski definition) is 7. The number of hydrogen-bond donors (Lipinski definition) is 2. The van der Waals surface area contributed by atoms with Crippen molar-refractivity contribution >= 4 is 49.9 Å². The van der Waals surface area contributed by atoms with Gasteiger partial charge in [-0.25, -0.2) is 18.7 Å². The summed E-state index contributed by atoms with van der Waals surface area (Å²) in [4.78, 5) is 13.7. The Morgan fingerprint density at radius 2 is 2.17 bits per heavy atom. The second-order valence-electron chi connectivity index (χ2n) is 6.83. The fraction of sp³-hybridized carbons (Fsp3) is 0.421. The SMILES string of the molecule is CO[C@@H]1CCC[C@H]1Nc1nc(NCc2cnc(C(F)F)s2)nc2ccc(Br)cc12. The van der Waals surface area contributed by atoms with Crippen molar-refractivity contribution in [3.8, 4) is 0 Å². The number of benzene rings is 1. The van der Waals surface area contributed by atoms with Crippen molar-refractivity contribution in [2.45, 2.75) is 44.4 Å². The molecule has 3 aromatic rings. The molecule has 0 amide bonds. The van der Waals surface area contributed by atoms with Gasteiger partial charge in [-0.15, -0.1) is 11.3 Å². The summed E-state index contributed by atoms with van der Waals surface area (Å²) in [7, 11) is 1.73. The van der Waals surface area contributed by atoms with Crippen molar-refractivity contribution in [3.63, 3.8) is 0 Å². The number of methoxy groups -OCH3 is 1. The Balaban J connectivity index is 1.59. The summed E-state index contributed by atoms with van der Waals surface area (Å²) in [5.41, 5.74) is 0.790. The Morgan fingerprint density at radius 3 is 2.93 bits per heavy atom. The molecule has 0 unspecified atom stereocenters. The van der Waals surface area contributed by atoms with Gasteiger partial charge < -0.3 is 15.4 Å². The fourth-order valence-corrected chi connectivity index (χ4v) is 4.58. The lowest BCUT2D eigenvalue weighted by atomic mass is 10.2. The van der Waals surface area contributed by atoms with Crippen LogP contribution in [-0.4, -0.2) is 34.2 Å². The van der Waals surface area contributed by atoms with Crippen molar-refractivity contribution in [2.75, 3.05) is 17.7 Å². The number of alkyl halides is 2. The largest absolute Gasteiger partial charge is 0.379 e. The van der Waals surface area contributed by atoms with E-state index in [-0.39, 0.29) is 17.2 Å². The van der Waals surface area contributed by atoms with Gasteiger partial charge in [0.2, 0.25) is 5.95 Å². The van der Waals surface area contributed by atoms with Crippen LogP contribution in [-0.2, 0) is 11.3 Å². The number of fused-ring (bicyclic) bond motifs is 1. The van der Waals surface area contributed by atoms with E-state index in [1.165, 1.54) is 6.20 Å². The number of ether oxygens (including phenoxy) is 1. The van der Waals surface area contributed by atoms with E-state index in [9.17, 15) is 8.78 Å². The van der Waals surface area contributed by atoms with Gasteiger partial charge in [0, 0.05) is 28.0 Å². The van der Waals surface area contributed by atoms with Crippen molar-refractivity contribution in [2.24, 2.45) is 0 Å². The molecule has 154 valence electrons. The van der Waals surface area contributed by atoms with Gasteiger partial charge in [-0.3, -0.25) is 0 Å². The van der Waals surface area contributed by atoms with Gasteiger partial charge in [-0.2, -0.15) is 4.98 Å². The number of rotatable bonds is 7. The van der Waals surface area contributed by atoms with Gasteiger partial charge in [0.1, 0.15) is 5.82 Å². The molecule has 2 aromatic heterocycles. The quantitative estimate of drug-likeness (QED) is 0.470. The van der Waals surface area contributed by atoms with Crippen molar-refractivity contribution in [1.29, 1.82) is 0 Å². The standard InChI is InChI=1S/C19H20BrF2N5OS/c1-28-15-4-2-3-14(15)25-17-12-7-10(20)5-6-13(12)26-19(27-17)24-9-11-8-23-18(29-11)16(21)22/h5-8,14-16H,2-4,9H2,1H3,(H2,24,25,26,27)/t14-,15-/m1/s1. The molecule has 1 saturated carbocycles. The topological polar surface area (TPSA) is 72.0 Å². The minimum Gasteiger partial charge on any atom is -0.379 e. The monoisotopic (exact) mass is 483 g/mol. The van der Waals surface area contributed by atoms with E-state index in [1.54, 1.807) is 7.11 Å². The number of aromatic nitrogens is 3. The van der Waals surface area contributed by atoms with Gasteiger partial charge in [0.25, 0.3) is 6.43 Å². The molecule has 1 fully saturated rings. The molecule has 1 aliphatic rings. The summed E-state index contributed by atoms with van der Waals surface area (Å²) in [6, 6.07) is 6.01. The molecular formula is C19H20BrF2N5OS. The van der Waals surface area contributed by atoms with Crippen LogP contribution in [0.1, 0.15) is 35.6 Å². The summed E-state index contributed by atoms with van der Waals surface area (Å²) >= 11 is 4.49. The summed E-state index contributed by atoms with van der Waals surface area (Å²) in [6.07, 6.45) is 2.18. The average molecular weight is 484 g/mol. The van der Waals surface area contributed by atoms with E-state index >= 15 is 0 Å². The minimum atomic E-state index is -2.56. The van der Waals surface area contributed by atoms with Gasteiger partial charge in [-0.1, -0.05) is 15.9 Å². The third-order valence-electron chi connectivity index (χ3n) is 4.91.